The third-order valence-electron chi connectivity index (χ3n) is 5.79. The van der Waals surface area contributed by atoms with Gasteiger partial charge in [-0.3, -0.25) is 14.5 Å². The van der Waals surface area contributed by atoms with Crippen molar-refractivity contribution in [3.8, 4) is 0 Å². The Morgan fingerprint density at radius 2 is 1.68 bits per heavy atom. The number of aromatic nitrogens is 1. The van der Waals surface area contributed by atoms with Gasteiger partial charge < -0.3 is 4.42 Å². The molecule has 1 aliphatic rings. The monoisotopic (exact) mass is 474 g/mol. The van der Waals surface area contributed by atoms with E-state index in [9.17, 15) is 9.59 Å². The van der Waals surface area contributed by atoms with E-state index in [1.807, 2.05) is 69.3 Å². The molecule has 2 aromatic heterocycles. The van der Waals surface area contributed by atoms with Gasteiger partial charge in [-0.2, -0.15) is 0 Å². The molecule has 2 aromatic carbocycles. The van der Waals surface area contributed by atoms with E-state index in [4.69, 9.17) is 4.42 Å². The highest BCUT2D eigenvalue weighted by Gasteiger charge is 2.44. The van der Waals surface area contributed by atoms with Crippen LogP contribution in [0.15, 0.2) is 68.3 Å². The Labute approximate surface area is 187 Å². The van der Waals surface area contributed by atoms with E-state index in [0.717, 1.165) is 26.9 Å². The van der Waals surface area contributed by atoms with Crippen molar-refractivity contribution in [3.05, 3.63) is 103 Å². The largest absolute Gasteiger partial charge is 0.450 e. The van der Waals surface area contributed by atoms with Crippen molar-refractivity contribution in [1.82, 2.24) is 4.98 Å². The zero-order valence-electron chi connectivity index (χ0n) is 17.3. The molecule has 1 amide bonds. The molecule has 0 spiro atoms. The van der Waals surface area contributed by atoms with Gasteiger partial charge in [-0.1, -0.05) is 34.1 Å². The fourth-order valence-corrected chi connectivity index (χ4v) is 4.35. The number of anilines is 1. The molecule has 0 saturated carbocycles. The molecule has 0 saturated heterocycles. The number of amides is 1. The zero-order valence-corrected chi connectivity index (χ0v) is 18.9. The van der Waals surface area contributed by atoms with Crippen LogP contribution in [0, 0.1) is 20.8 Å². The minimum Gasteiger partial charge on any atom is -0.450 e. The fourth-order valence-electron chi connectivity index (χ4n) is 4.09. The van der Waals surface area contributed by atoms with E-state index in [0.29, 0.717) is 22.4 Å². The fraction of sp³-hybridized carbons (Fsp3) is 0.160. The molecule has 1 atom stereocenters. The van der Waals surface area contributed by atoms with Gasteiger partial charge >= 0.3 is 0 Å². The Balaban J connectivity index is 1.83. The molecule has 154 valence electrons. The first-order valence-electron chi connectivity index (χ1n) is 9.96. The summed E-state index contributed by atoms with van der Waals surface area (Å²) in [4.78, 5) is 33.3. The number of carbonyl (C=O) groups excluding carboxylic acids is 1. The molecule has 0 N–H and O–H groups in total. The maximum atomic E-state index is 13.7. The third-order valence-corrected chi connectivity index (χ3v) is 6.32. The van der Waals surface area contributed by atoms with Crippen LogP contribution in [0.3, 0.4) is 0 Å². The molecule has 0 aliphatic carbocycles. The number of hydrogen-bond acceptors (Lipinski definition) is 4. The SMILES string of the molecule is Cc1cccc(N2C(=O)c3oc4cc(C)c(C)cc4c(=O)c3[C@@H]2c2ccc(Br)cc2)n1. The van der Waals surface area contributed by atoms with Gasteiger partial charge in [-0.05, 0) is 73.9 Å². The van der Waals surface area contributed by atoms with Crippen LogP contribution in [0.5, 0.6) is 0 Å². The molecule has 5 rings (SSSR count). The quantitative estimate of drug-likeness (QED) is 0.377. The summed E-state index contributed by atoms with van der Waals surface area (Å²) < 4.78 is 6.98. The van der Waals surface area contributed by atoms with E-state index in [-0.39, 0.29) is 17.1 Å². The van der Waals surface area contributed by atoms with Crippen molar-refractivity contribution in [1.29, 1.82) is 0 Å². The second kappa shape index (κ2) is 7.17. The lowest BCUT2D eigenvalue weighted by Crippen LogP contribution is -2.30. The van der Waals surface area contributed by atoms with E-state index in [2.05, 4.69) is 20.9 Å². The first kappa shape index (κ1) is 19.7. The highest BCUT2D eigenvalue weighted by Crippen LogP contribution is 2.41. The molecular formula is C25H19BrN2O3. The van der Waals surface area contributed by atoms with Crippen molar-refractivity contribution >= 4 is 38.6 Å². The van der Waals surface area contributed by atoms with E-state index in [1.165, 1.54) is 0 Å². The van der Waals surface area contributed by atoms with Gasteiger partial charge in [0.05, 0.1) is 17.0 Å². The van der Waals surface area contributed by atoms with Crippen molar-refractivity contribution in [2.75, 3.05) is 4.90 Å². The van der Waals surface area contributed by atoms with Gasteiger partial charge in [0.1, 0.15) is 11.4 Å². The van der Waals surface area contributed by atoms with Gasteiger partial charge in [0.15, 0.2) is 5.43 Å². The van der Waals surface area contributed by atoms with Crippen LogP contribution < -0.4 is 10.3 Å². The highest BCUT2D eigenvalue weighted by atomic mass is 79.9. The van der Waals surface area contributed by atoms with E-state index >= 15 is 0 Å². The van der Waals surface area contributed by atoms with Crippen LogP contribution in [0.2, 0.25) is 0 Å². The predicted octanol–water partition coefficient (Wildman–Crippen LogP) is 5.63. The molecular weight excluding hydrogens is 456 g/mol. The number of aryl methyl sites for hydroxylation is 3. The highest BCUT2D eigenvalue weighted by molar-refractivity contribution is 9.10. The smallest absolute Gasteiger partial charge is 0.296 e. The van der Waals surface area contributed by atoms with Gasteiger partial charge in [0, 0.05) is 10.2 Å². The maximum Gasteiger partial charge on any atom is 0.296 e. The van der Waals surface area contributed by atoms with E-state index in [1.54, 1.807) is 11.0 Å². The number of rotatable bonds is 2. The van der Waals surface area contributed by atoms with Crippen molar-refractivity contribution < 1.29 is 9.21 Å². The zero-order chi connectivity index (χ0) is 21.9. The Hall–Kier alpha value is -3.25. The van der Waals surface area contributed by atoms with Crippen LogP contribution in [0.25, 0.3) is 11.0 Å². The molecule has 31 heavy (non-hydrogen) atoms. The Kier molecular flexibility index (Phi) is 4.55. The van der Waals surface area contributed by atoms with Gasteiger partial charge in [-0.15, -0.1) is 0 Å². The normalized spacial score (nSPS) is 15.5. The number of benzene rings is 2. The molecule has 0 radical (unpaired) electrons. The number of nitrogens with zero attached hydrogens (tertiary/aromatic N) is 2. The minimum absolute atomic E-state index is 0.0805. The molecule has 3 heterocycles. The second-order valence-corrected chi connectivity index (χ2v) is 8.79. The number of pyridine rings is 1. The number of carbonyl (C=O) groups is 1. The van der Waals surface area contributed by atoms with Crippen molar-refractivity contribution in [3.63, 3.8) is 0 Å². The Morgan fingerprint density at radius 3 is 2.39 bits per heavy atom. The summed E-state index contributed by atoms with van der Waals surface area (Å²) in [6.07, 6.45) is 0. The van der Waals surface area contributed by atoms with Crippen LogP contribution in [0.4, 0.5) is 5.82 Å². The lowest BCUT2D eigenvalue weighted by atomic mass is 9.97. The summed E-state index contributed by atoms with van der Waals surface area (Å²) in [5.41, 5.74) is 4.20. The van der Waals surface area contributed by atoms with Gasteiger partial charge in [-0.25, -0.2) is 4.98 Å². The van der Waals surface area contributed by atoms with Crippen LogP contribution >= 0.6 is 15.9 Å². The summed E-state index contributed by atoms with van der Waals surface area (Å²) in [6.45, 7) is 5.79. The van der Waals surface area contributed by atoms with Crippen LogP contribution in [-0.2, 0) is 0 Å². The van der Waals surface area contributed by atoms with Gasteiger partial charge in [0.25, 0.3) is 5.91 Å². The summed E-state index contributed by atoms with van der Waals surface area (Å²) in [5, 5.41) is 0.482. The maximum absolute atomic E-state index is 13.7. The molecule has 0 unspecified atom stereocenters. The summed E-state index contributed by atoms with van der Waals surface area (Å²) in [6, 6.07) is 16.2. The predicted molar refractivity (Wildman–Crippen MR) is 124 cm³/mol. The summed E-state index contributed by atoms with van der Waals surface area (Å²) >= 11 is 3.46. The molecule has 5 nitrogen and oxygen atoms in total. The number of fused-ring (bicyclic) bond motifs is 2. The topological polar surface area (TPSA) is 63.4 Å². The molecule has 1 aliphatic heterocycles. The lowest BCUT2D eigenvalue weighted by Gasteiger charge is -2.24. The molecule has 0 bridgehead atoms. The Morgan fingerprint density at radius 1 is 0.968 bits per heavy atom. The average molecular weight is 475 g/mol. The molecule has 6 heteroatoms. The van der Waals surface area contributed by atoms with Crippen molar-refractivity contribution in [2.45, 2.75) is 26.8 Å². The van der Waals surface area contributed by atoms with E-state index < -0.39 is 6.04 Å². The number of halogens is 1. The Bertz CT molecular complexity index is 1420. The van der Waals surface area contributed by atoms with Crippen LogP contribution in [-0.4, -0.2) is 10.9 Å². The molecule has 4 aromatic rings. The molecule has 0 fully saturated rings. The first-order valence-corrected chi connectivity index (χ1v) is 10.7. The van der Waals surface area contributed by atoms with Gasteiger partial charge in [0.2, 0.25) is 5.76 Å². The third kappa shape index (κ3) is 3.10. The van der Waals surface area contributed by atoms with Crippen molar-refractivity contribution in [2.24, 2.45) is 0 Å². The standard InChI is InChI=1S/C25H19BrN2O3/c1-13-11-18-19(12-14(13)2)31-24-21(23(18)29)22(16-7-9-17(26)10-8-16)28(25(24)30)20-6-4-5-15(3)27-20/h4-12,22H,1-3H3/t22-/m0/s1. The summed E-state index contributed by atoms with van der Waals surface area (Å²) in [5.74, 6) is 0.204. The minimum atomic E-state index is -0.618. The summed E-state index contributed by atoms with van der Waals surface area (Å²) in [7, 11) is 0. The van der Waals surface area contributed by atoms with Crippen LogP contribution in [0.1, 0.15) is 44.5 Å². The lowest BCUT2D eigenvalue weighted by molar-refractivity contribution is 0.0970. The second-order valence-electron chi connectivity index (χ2n) is 7.87. The number of hydrogen-bond donors (Lipinski definition) is 0. The first-order chi connectivity index (χ1) is 14.8. The average Bonchev–Trinajstić information content (AvgIpc) is 3.03.